The Morgan fingerprint density at radius 1 is 1.12 bits per heavy atom. The zero-order valence-corrected chi connectivity index (χ0v) is 14.1. The Hall–Kier alpha value is -1.96. The third kappa shape index (κ3) is 4.36. The zero-order valence-electron chi connectivity index (χ0n) is 14.1. The summed E-state index contributed by atoms with van der Waals surface area (Å²) in [5.74, 6) is 0.184. The summed E-state index contributed by atoms with van der Waals surface area (Å²) >= 11 is 0. The molecule has 1 aromatic rings. The topological polar surface area (TPSA) is 36.0 Å². The Morgan fingerprint density at radius 3 is 2.60 bits per heavy atom. The molecule has 138 valence electrons. The van der Waals surface area contributed by atoms with Crippen LogP contribution in [0.2, 0.25) is 0 Å². The number of hydrogen-bond donors (Lipinski definition) is 0. The van der Waals surface area contributed by atoms with E-state index in [4.69, 9.17) is 4.74 Å². The van der Waals surface area contributed by atoms with Gasteiger partial charge >= 0.3 is 12.2 Å². The van der Waals surface area contributed by atoms with Gasteiger partial charge in [0.15, 0.2) is 0 Å². The first-order valence-corrected chi connectivity index (χ1v) is 8.39. The van der Waals surface area contributed by atoms with E-state index in [0.29, 0.717) is 19.6 Å². The fraction of sp³-hybridized carbons (Fsp3) is 0.588. The van der Waals surface area contributed by atoms with Crippen LogP contribution in [0, 0.1) is 0 Å². The third-order valence-corrected chi connectivity index (χ3v) is 4.57. The van der Waals surface area contributed by atoms with Crippen LogP contribution in [0.15, 0.2) is 24.3 Å². The minimum Gasteiger partial charge on any atom is -0.487 e. The first-order valence-electron chi connectivity index (χ1n) is 8.39. The first kappa shape index (κ1) is 17.8. The maximum absolute atomic E-state index is 12.7. The highest BCUT2D eigenvalue weighted by molar-refractivity contribution is 5.75. The summed E-state index contributed by atoms with van der Waals surface area (Å²) in [6, 6.07) is 4.83. The summed E-state index contributed by atoms with van der Waals surface area (Å²) in [6.07, 6.45) is -3.71. The molecule has 0 saturated carbocycles. The Kier molecular flexibility index (Phi) is 5.08. The molecule has 2 heterocycles. The lowest BCUT2D eigenvalue weighted by Gasteiger charge is -2.41. The van der Waals surface area contributed by atoms with Gasteiger partial charge < -0.3 is 19.4 Å². The second-order valence-electron chi connectivity index (χ2n) is 6.60. The number of likely N-dealkylation sites (N-methyl/N-ethyl adjacent to an activating group) is 1. The number of carbonyl (C=O) groups excluding carboxylic acids is 1. The number of likely N-dealkylation sites (tertiary alicyclic amines) is 1. The number of alkyl halides is 3. The van der Waals surface area contributed by atoms with Crippen LogP contribution < -0.4 is 4.74 Å². The fourth-order valence-electron chi connectivity index (χ4n) is 3.04. The quantitative estimate of drug-likeness (QED) is 0.816. The van der Waals surface area contributed by atoms with Crippen LogP contribution in [0.5, 0.6) is 5.75 Å². The van der Waals surface area contributed by atoms with E-state index >= 15 is 0 Å². The van der Waals surface area contributed by atoms with E-state index in [1.165, 1.54) is 12.1 Å². The molecule has 2 saturated heterocycles. The summed E-state index contributed by atoms with van der Waals surface area (Å²) in [6.45, 7) is 4.07. The minimum atomic E-state index is -4.39. The van der Waals surface area contributed by atoms with Gasteiger partial charge in [-0.1, -0.05) is 6.07 Å². The Labute approximate surface area is 144 Å². The summed E-state index contributed by atoms with van der Waals surface area (Å²) in [5.41, 5.74) is -0.731. The minimum absolute atomic E-state index is 0.0146. The first-order chi connectivity index (χ1) is 11.8. The number of rotatable bonds is 2. The normalized spacial score (nSPS) is 20.2. The van der Waals surface area contributed by atoms with Gasteiger partial charge in [-0.15, -0.1) is 0 Å². The molecule has 0 bridgehead atoms. The SMILES string of the molecule is CN1CCCN(C(=O)N2CC(Oc3cccc(C(F)(F)F)c3)C2)CC1. The predicted molar refractivity (Wildman–Crippen MR) is 86.5 cm³/mol. The second-order valence-corrected chi connectivity index (χ2v) is 6.60. The average molecular weight is 357 g/mol. The van der Waals surface area contributed by atoms with E-state index in [-0.39, 0.29) is 17.9 Å². The molecular formula is C17H22F3N3O2. The average Bonchev–Trinajstić information content (AvgIpc) is 2.74. The molecule has 0 unspecified atom stereocenters. The van der Waals surface area contributed by atoms with Gasteiger partial charge in [0.05, 0.1) is 18.7 Å². The number of amides is 2. The summed E-state index contributed by atoms with van der Waals surface area (Å²) in [7, 11) is 2.04. The lowest BCUT2D eigenvalue weighted by molar-refractivity contribution is -0.137. The van der Waals surface area contributed by atoms with Gasteiger partial charge in [0.1, 0.15) is 11.9 Å². The number of urea groups is 1. The lowest BCUT2D eigenvalue weighted by Crippen LogP contribution is -2.59. The van der Waals surface area contributed by atoms with Crippen molar-refractivity contribution >= 4 is 6.03 Å². The van der Waals surface area contributed by atoms with E-state index in [2.05, 4.69) is 4.90 Å². The van der Waals surface area contributed by atoms with Crippen LogP contribution >= 0.6 is 0 Å². The highest BCUT2D eigenvalue weighted by atomic mass is 19.4. The van der Waals surface area contributed by atoms with E-state index in [9.17, 15) is 18.0 Å². The van der Waals surface area contributed by atoms with Crippen molar-refractivity contribution < 1.29 is 22.7 Å². The van der Waals surface area contributed by atoms with Crippen molar-refractivity contribution in [1.82, 2.24) is 14.7 Å². The molecule has 0 N–H and O–H groups in total. The molecular weight excluding hydrogens is 335 g/mol. The monoisotopic (exact) mass is 357 g/mol. The van der Waals surface area contributed by atoms with Crippen LogP contribution in [-0.2, 0) is 6.18 Å². The van der Waals surface area contributed by atoms with E-state index in [1.54, 1.807) is 4.90 Å². The number of ether oxygens (including phenoxy) is 1. The molecule has 5 nitrogen and oxygen atoms in total. The Bertz CT molecular complexity index is 617. The molecule has 8 heteroatoms. The van der Waals surface area contributed by atoms with Crippen molar-refractivity contribution in [1.29, 1.82) is 0 Å². The highest BCUT2D eigenvalue weighted by Crippen LogP contribution is 2.32. The largest absolute Gasteiger partial charge is 0.487 e. The predicted octanol–water partition coefficient (Wildman–Crippen LogP) is 2.53. The third-order valence-electron chi connectivity index (χ3n) is 4.57. The Morgan fingerprint density at radius 2 is 1.88 bits per heavy atom. The van der Waals surface area contributed by atoms with Gasteiger partial charge in [-0.2, -0.15) is 13.2 Å². The van der Waals surface area contributed by atoms with Gasteiger partial charge in [0.25, 0.3) is 0 Å². The maximum Gasteiger partial charge on any atom is 0.416 e. The van der Waals surface area contributed by atoms with E-state index in [0.717, 1.165) is 38.2 Å². The number of hydrogen-bond acceptors (Lipinski definition) is 3. The summed E-state index contributed by atoms with van der Waals surface area (Å²) in [5, 5.41) is 0. The molecule has 3 rings (SSSR count). The van der Waals surface area contributed by atoms with Crippen molar-refractivity contribution in [2.24, 2.45) is 0 Å². The molecule has 25 heavy (non-hydrogen) atoms. The number of benzene rings is 1. The molecule has 0 radical (unpaired) electrons. The van der Waals surface area contributed by atoms with Gasteiger partial charge in [-0.05, 0) is 38.2 Å². The van der Waals surface area contributed by atoms with Crippen molar-refractivity contribution in [3.8, 4) is 5.75 Å². The Balaban J connectivity index is 1.50. The van der Waals surface area contributed by atoms with Crippen LogP contribution in [0.3, 0.4) is 0 Å². The molecule has 0 aliphatic carbocycles. The summed E-state index contributed by atoms with van der Waals surface area (Å²) in [4.78, 5) is 18.2. The molecule has 1 aromatic carbocycles. The van der Waals surface area contributed by atoms with Crippen LogP contribution in [-0.4, -0.2) is 73.2 Å². The van der Waals surface area contributed by atoms with Crippen molar-refractivity contribution in [3.63, 3.8) is 0 Å². The van der Waals surface area contributed by atoms with Gasteiger partial charge in [-0.25, -0.2) is 4.79 Å². The van der Waals surface area contributed by atoms with Crippen LogP contribution in [0.4, 0.5) is 18.0 Å². The van der Waals surface area contributed by atoms with Crippen molar-refractivity contribution in [3.05, 3.63) is 29.8 Å². The van der Waals surface area contributed by atoms with E-state index < -0.39 is 11.7 Å². The molecule has 2 aliphatic rings. The number of carbonyl (C=O) groups is 1. The van der Waals surface area contributed by atoms with Gasteiger partial charge in [0.2, 0.25) is 0 Å². The van der Waals surface area contributed by atoms with Gasteiger partial charge in [-0.3, -0.25) is 0 Å². The second kappa shape index (κ2) is 7.11. The van der Waals surface area contributed by atoms with Crippen LogP contribution in [0.1, 0.15) is 12.0 Å². The fourth-order valence-corrected chi connectivity index (χ4v) is 3.04. The zero-order chi connectivity index (χ0) is 18.0. The van der Waals surface area contributed by atoms with Crippen molar-refractivity contribution in [2.45, 2.75) is 18.7 Å². The number of nitrogens with zero attached hydrogens (tertiary/aromatic N) is 3. The molecule has 2 aliphatic heterocycles. The van der Waals surface area contributed by atoms with Crippen molar-refractivity contribution in [2.75, 3.05) is 46.3 Å². The van der Waals surface area contributed by atoms with Gasteiger partial charge in [0, 0.05) is 19.6 Å². The molecule has 0 spiro atoms. The lowest BCUT2D eigenvalue weighted by atomic mass is 10.1. The standard InChI is InChI=1S/C17H22F3N3O2/c1-21-6-3-7-22(9-8-21)16(24)23-11-15(12-23)25-14-5-2-4-13(10-14)17(18,19)20/h2,4-5,10,15H,3,6-9,11-12H2,1H3. The summed E-state index contributed by atoms with van der Waals surface area (Å²) < 4.78 is 43.7. The van der Waals surface area contributed by atoms with Crippen LogP contribution in [0.25, 0.3) is 0 Å². The maximum atomic E-state index is 12.7. The number of halogens is 3. The highest BCUT2D eigenvalue weighted by Gasteiger charge is 2.36. The smallest absolute Gasteiger partial charge is 0.416 e. The van der Waals surface area contributed by atoms with E-state index in [1.807, 2.05) is 11.9 Å². The molecule has 0 aromatic heterocycles. The molecule has 0 atom stereocenters. The molecule has 2 fully saturated rings. The molecule has 2 amide bonds.